The van der Waals surface area contributed by atoms with Crippen molar-refractivity contribution in [2.75, 3.05) is 5.32 Å². The SMILES string of the molecule is Cc1ccccc1NC(=O)c1nc(C(=O)NC2CCCCC2)c2ccccn12. The Labute approximate surface area is 164 Å². The Bertz CT molecular complexity index is 1020. The highest BCUT2D eigenvalue weighted by Crippen LogP contribution is 2.20. The van der Waals surface area contributed by atoms with Gasteiger partial charge >= 0.3 is 0 Å². The summed E-state index contributed by atoms with van der Waals surface area (Å²) in [6.45, 7) is 1.93. The summed E-state index contributed by atoms with van der Waals surface area (Å²) in [4.78, 5) is 30.2. The molecule has 1 aliphatic rings. The molecule has 3 aromatic rings. The zero-order valence-corrected chi connectivity index (χ0v) is 15.9. The van der Waals surface area contributed by atoms with Crippen molar-refractivity contribution in [3.05, 3.63) is 65.7 Å². The van der Waals surface area contributed by atoms with Gasteiger partial charge < -0.3 is 10.6 Å². The minimum Gasteiger partial charge on any atom is -0.348 e. The van der Waals surface area contributed by atoms with Crippen LogP contribution < -0.4 is 10.6 Å². The highest BCUT2D eigenvalue weighted by molar-refractivity contribution is 6.06. The Morgan fingerprint density at radius 1 is 1.00 bits per heavy atom. The fourth-order valence-corrected chi connectivity index (χ4v) is 3.76. The van der Waals surface area contributed by atoms with E-state index in [0.29, 0.717) is 11.2 Å². The fourth-order valence-electron chi connectivity index (χ4n) is 3.76. The summed E-state index contributed by atoms with van der Waals surface area (Å²) >= 11 is 0. The molecule has 0 atom stereocenters. The van der Waals surface area contributed by atoms with Crippen molar-refractivity contribution in [2.24, 2.45) is 0 Å². The predicted molar refractivity (Wildman–Crippen MR) is 109 cm³/mol. The maximum atomic E-state index is 12.9. The Hall–Kier alpha value is -3.15. The molecule has 2 heterocycles. The van der Waals surface area contributed by atoms with Crippen LogP contribution in [-0.2, 0) is 0 Å². The maximum absolute atomic E-state index is 12.9. The van der Waals surface area contributed by atoms with Crippen LogP contribution in [0.2, 0.25) is 0 Å². The van der Waals surface area contributed by atoms with Gasteiger partial charge in [-0.15, -0.1) is 0 Å². The van der Waals surface area contributed by atoms with Gasteiger partial charge in [0.2, 0.25) is 5.82 Å². The fraction of sp³-hybridized carbons (Fsp3) is 0.318. The molecule has 0 bridgehead atoms. The van der Waals surface area contributed by atoms with Crippen LogP contribution in [0.15, 0.2) is 48.7 Å². The van der Waals surface area contributed by atoms with Gasteiger partial charge in [-0.25, -0.2) is 4.98 Å². The van der Waals surface area contributed by atoms with Crippen LogP contribution in [0.5, 0.6) is 0 Å². The van der Waals surface area contributed by atoms with Gasteiger partial charge in [-0.2, -0.15) is 0 Å². The number of fused-ring (bicyclic) bond motifs is 1. The van der Waals surface area contributed by atoms with Crippen LogP contribution in [0, 0.1) is 6.92 Å². The van der Waals surface area contributed by atoms with Gasteiger partial charge in [0.1, 0.15) is 0 Å². The summed E-state index contributed by atoms with van der Waals surface area (Å²) < 4.78 is 1.67. The average molecular weight is 376 g/mol. The van der Waals surface area contributed by atoms with E-state index in [1.54, 1.807) is 10.6 Å². The molecular formula is C22H24N4O2. The van der Waals surface area contributed by atoms with Crippen molar-refractivity contribution >= 4 is 23.0 Å². The number of pyridine rings is 1. The highest BCUT2D eigenvalue weighted by Gasteiger charge is 2.24. The molecular weight excluding hydrogens is 352 g/mol. The summed E-state index contributed by atoms with van der Waals surface area (Å²) in [7, 11) is 0. The lowest BCUT2D eigenvalue weighted by Gasteiger charge is -2.22. The molecule has 0 spiro atoms. The molecule has 6 heteroatoms. The molecule has 0 saturated heterocycles. The van der Waals surface area contributed by atoms with E-state index in [1.165, 1.54) is 6.42 Å². The number of para-hydroxylation sites is 1. The van der Waals surface area contributed by atoms with E-state index < -0.39 is 0 Å². The summed E-state index contributed by atoms with van der Waals surface area (Å²) in [6, 6.07) is 13.2. The molecule has 2 aromatic heterocycles. The van der Waals surface area contributed by atoms with Crippen molar-refractivity contribution in [1.82, 2.24) is 14.7 Å². The Morgan fingerprint density at radius 3 is 2.54 bits per heavy atom. The summed E-state index contributed by atoms with van der Waals surface area (Å²) in [5, 5.41) is 5.99. The first-order valence-electron chi connectivity index (χ1n) is 9.78. The Balaban J connectivity index is 1.63. The average Bonchev–Trinajstić information content (AvgIpc) is 3.10. The number of carbonyl (C=O) groups is 2. The number of imidazole rings is 1. The third-order valence-corrected chi connectivity index (χ3v) is 5.30. The quantitative estimate of drug-likeness (QED) is 0.724. The van der Waals surface area contributed by atoms with E-state index in [1.807, 2.05) is 49.4 Å². The number of aryl methyl sites for hydroxylation is 1. The lowest BCUT2D eigenvalue weighted by atomic mass is 9.95. The lowest BCUT2D eigenvalue weighted by Crippen LogP contribution is -2.36. The van der Waals surface area contributed by atoms with Gasteiger partial charge in [0.05, 0.1) is 5.52 Å². The maximum Gasteiger partial charge on any atom is 0.292 e. The van der Waals surface area contributed by atoms with Crippen LogP contribution in [0.25, 0.3) is 5.52 Å². The molecule has 1 aliphatic carbocycles. The number of hydrogen-bond acceptors (Lipinski definition) is 3. The summed E-state index contributed by atoms with van der Waals surface area (Å²) in [5.74, 6) is -0.356. The van der Waals surface area contributed by atoms with E-state index in [2.05, 4.69) is 15.6 Å². The number of hydrogen-bond donors (Lipinski definition) is 2. The van der Waals surface area contributed by atoms with Crippen molar-refractivity contribution in [3.8, 4) is 0 Å². The Morgan fingerprint density at radius 2 is 1.75 bits per heavy atom. The number of nitrogens with one attached hydrogen (secondary N) is 2. The standard InChI is InChI=1S/C22H24N4O2/c1-15-9-5-6-12-17(15)24-22(28)20-25-19(18-13-7-8-14-26(18)20)21(27)23-16-10-3-2-4-11-16/h5-9,12-14,16H,2-4,10-11H2,1H3,(H,23,27)(H,24,28). The first-order valence-corrected chi connectivity index (χ1v) is 9.78. The second-order valence-corrected chi connectivity index (χ2v) is 7.32. The number of nitrogens with zero attached hydrogens (tertiary/aromatic N) is 2. The zero-order chi connectivity index (χ0) is 19.5. The van der Waals surface area contributed by atoms with Crippen LogP contribution in [0.4, 0.5) is 5.69 Å². The molecule has 0 aliphatic heterocycles. The molecule has 28 heavy (non-hydrogen) atoms. The van der Waals surface area contributed by atoms with E-state index in [-0.39, 0.29) is 23.7 Å². The topological polar surface area (TPSA) is 75.5 Å². The van der Waals surface area contributed by atoms with Gasteiger partial charge in [-0.3, -0.25) is 14.0 Å². The minimum atomic E-state index is -0.341. The molecule has 144 valence electrons. The molecule has 1 fully saturated rings. The monoisotopic (exact) mass is 376 g/mol. The molecule has 4 rings (SSSR count). The molecule has 2 amide bonds. The lowest BCUT2D eigenvalue weighted by molar-refractivity contribution is 0.0925. The van der Waals surface area contributed by atoms with E-state index in [4.69, 9.17) is 0 Å². The van der Waals surface area contributed by atoms with E-state index in [0.717, 1.165) is 36.9 Å². The largest absolute Gasteiger partial charge is 0.348 e. The smallest absolute Gasteiger partial charge is 0.292 e. The number of anilines is 1. The van der Waals surface area contributed by atoms with E-state index >= 15 is 0 Å². The van der Waals surface area contributed by atoms with Gasteiger partial charge in [-0.1, -0.05) is 43.5 Å². The highest BCUT2D eigenvalue weighted by atomic mass is 16.2. The normalized spacial score (nSPS) is 14.8. The first-order chi connectivity index (χ1) is 13.6. The summed E-state index contributed by atoms with van der Waals surface area (Å²) in [5.41, 5.74) is 2.62. The number of aromatic nitrogens is 2. The predicted octanol–water partition coefficient (Wildman–Crippen LogP) is 3.96. The second-order valence-electron chi connectivity index (χ2n) is 7.32. The zero-order valence-electron chi connectivity index (χ0n) is 15.9. The first kappa shape index (κ1) is 18.2. The molecule has 0 radical (unpaired) electrons. The van der Waals surface area contributed by atoms with Gasteiger partial charge in [0, 0.05) is 17.9 Å². The molecule has 1 saturated carbocycles. The van der Waals surface area contributed by atoms with Crippen LogP contribution >= 0.6 is 0 Å². The summed E-state index contributed by atoms with van der Waals surface area (Å²) in [6.07, 6.45) is 7.25. The molecule has 2 N–H and O–H groups in total. The van der Waals surface area contributed by atoms with Crippen LogP contribution in [0.1, 0.15) is 58.8 Å². The van der Waals surface area contributed by atoms with Crippen molar-refractivity contribution in [3.63, 3.8) is 0 Å². The van der Waals surface area contributed by atoms with Crippen LogP contribution in [-0.4, -0.2) is 27.2 Å². The number of benzene rings is 1. The molecule has 6 nitrogen and oxygen atoms in total. The van der Waals surface area contributed by atoms with Crippen molar-refractivity contribution < 1.29 is 9.59 Å². The number of amides is 2. The number of rotatable bonds is 4. The third-order valence-electron chi connectivity index (χ3n) is 5.30. The third kappa shape index (κ3) is 3.63. The van der Waals surface area contributed by atoms with E-state index in [9.17, 15) is 9.59 Å². The van der Waals surface area contributed by atoms with Gasteiger partial charge in [-0.05, 0) is 43.5 Å². The van der Waals surface area contributed by atoms with Crippen molar-refractivity contribution in [1.29, 1.82) is 0 Å². The minimum absolute atomic E-state index is 0.186. The molecule has 1 aromatic carbocycles. The van der Waals surface area contributed by atoms with Crippen LogP contribution in [0.3, 0.4) is 0 Å². The van der Waals surface area contributed by atoms with Gasteiger partial charge in [0.25, 0.3) is 11.8 Å². The van der Waals surface area contributed by atoms with Crippen molar-refractivity contribution in [2.45, 2.75) is 45.1 Å². The molecule has 0 unspecified atom stereocenters. The van der Waals surface area contributed by atoms with Gasteiger partial charge in [0.15, 0.2) is 5.69 Å². The number of carbonyl (C=O) groups excluding carboxylic acids is 2. The Kier molecular flexibility index (Phi) is 5.10. The second kappa shape index (κ2) is 7.84.